The zero-order valence-electron chi connectivity index (χ0n) is 13.8. The molecule has 0 unspecified atom stereocenters. The van der Waals surface area contributed by atoms with E-state index in [0.29, 0.717) is 17.2 Å². The molecule has 0 N–H and O–H groups in total. The zero-order chi connectivity index (χ0) is 17.8. The largest absolute Gasteiger partial charge is 0.284 e. The van der Waals surface area contributed by atoms with E-state index in [9.17, 15) is 14.9 Å². The number of nitrogens with zero attached hydrogens (tertiary/aromatic N) is 3. The quantitative estimate of drug-likeness (QED) is 0.449. The molecule has 0 bridgehead atoms. The summed E-state index contributed by atoms with van der Waals surface area (Å²) in [6.45, 7) is 4.06. The Morgan fingerprint density at radius 3 is 2.84 bits per heavy atom. The Morgan fingerprint density at radius 2 is 2.12 bits per heavy atom. The number of nitro groups is 1. The molecule has 0 spiro atoms. The fourth-order valence-corrected chi connectivity index (χ4v) is 4.14. The van der Waals surface area contributed by atoms with E-state index < -0.39 is 4.92 Å². The number of nitro benzene ring substituents is 1. The molecule has 2 aromatic rings. The molecule has 6 nitrogen and oxygen atoms in total. The molecular formula is C18H19N3O3S. The molecule has 3 rings (SSSR count). The van der Waals surface area contributed by atoms with Crippen LogP contribution in [0.15, 0.2) is 36.9 Å². The van der Waals surface area contributed by atoms with E-state index in [-0.39, 0.29) is 18.0 Å². The highest BCUT2D eigenvalue weighted by Gasteiger charge is 2.24. The van der Waals surface area contributed by atoms with Gasteiger partial charge in [-0.15, -0.1) is 17.9 Å². The predicted molar refractivity (Wildman–Crippen MR) is 98.1 cm³/mol. The maximum absolute atomic E-state index is 12.8. The van der Waals surface area contributed by atoms with Crippen LogP contribution < -0.4 is 4.90 Å². The Labute approximate surface area is 150 Å². The summed E-state index contributed by atoms with van der Waals surface area (Å²) in [5.41, 5.74) is 1.46. The van der Waals surface area contributed by atoms with E-state index >= 15 is 0 Å². The first-order valence-corrected chi connectivity index (χ1v) is 9.04. The number of aromatic nitrogens is 1. The Morgan fingerprint density at radius 1 is 1.36 bits per heavy atom. The lowest BCUT2D eigenvalue weighted by molar-refractivity contribution is -0.385. The lowest BCUT2D eigenvalue weighted by Crippen LogP contribution is -2.32. The predicted octanol–water partition coefficient (Wildman–Crippen LogP) is 3.69. The summed E-state index contributed by atoms with van der Waals surface area (Å²) in [5, 5.41) is 11.8. The van der Waals surface area contributed by atoms with Gasteiger partial charge >= 0.3 is 0 Å². The second-order valence-corrected chi connectivity index (χ2v) is 6.99. The fraction of sp³-hybridized carbons (Fsp3) is 0.333. The van der Waals surface area contributed by atoms with Crippen LogP contribution in [0, 0.1) is 10.1 Å². The third-order valence-electron chi connectivity index (χ3n) is 4.21. The molecule has 0 radical (unpaired) electrons. The molecular weight excluding hydrogens is 338 g/mol. The highest BCUT2D eigenvalue weighted by molar-refractivity contribution is 7.16. The van der Waals surface area contributed by atoms with Gasteiger partial charge in [0.15, 0.2) is 5.13 Å². The number of hydrogen-bond donors (Lipinski definition) is 0. The van der Waals surface area contributed by atoms with Crippen molar-refractivity contribution in [1.29, 1.82) is 0 Å². The zero-order valence-corrected chi connectivity index (χ0v) is 14.6. The number of amides is 1. The summed E-state index contributed by atoms with van der Waals surface area (Å²) in [6, 6.07) is 6.34. The molecule has 0 atom stereocenters. The average Bonchev–Trinajstić information content (AvgIpc) is 3.03. The van der Waals surface area contributed by atoms with Gasteiger partial charge in [0, 0.05) is 23.1 Å². The van der Waals surface area contributed by atoms with E-state index in [1.807, 2.05) is 0 Å². The van der Waals surface area contributed by atoms with E-state index in [1.54, 1.807) is 40.5 Å². The molecule has 0 saturated carbocycles. The second-order valence-electron chi connectivity index (χ2n) is 5.93. The number of carbonyl (C=O) groups excluding carboxylic acids is 1. The van der Waals surface area contributed by atoms with E-state index in [4.69, 9.17) is 0 Å². The monoisotopic (exact) mass is 357 g/mol. The number of thiazole rings is 1. The Hall–Kier alpha value is -2.54. The molecule has 130 valence electrons. The van der Waals surface area contributed by atoms with Gasteiger partial charge in [0.1, 0.15) is 0 Å². The number of aryl methyl sites for hydroxylation is 2. The highest BCUT2D eigenvalue weighted by Crippen LogP contribution is 2.32. The molecule has 1 aliphatic carbocycles. The van der Waals surface area contributed by atoms with Crippen molar-refractivity contribution < 1.29 is 9.72 Å². The standard InChI is InChI=1S/C18H19N3O3S/c1-2-11-20(18-19-14-8-4-6-10-16(14)25-18)17(22)12-13-7-3-5-9-15(13)21(23)24/h2-3,5,7,9H,1,4,6,8,10-12H2. The molecule has 1 aromatic heterocycles. The van der Waals surface area contributed by atoms with E-state index in [2.05, 4.69) is 11.6 Å². The maximum atomic E-state index is 12.8. The van der Waals surface area contributed by atoms with Gasteiger partial charge in [0.25, 0.3) is 5.69 Å². The van der Waals surface area contributed by atoms with Gasteiger partial charge in [0.05, 0.1) is 17.0 Å². The third-order valence-corrected chi connectivity index (χ3v) is 5.39. The molecule has 7 heteroatoms. The smallest absolute Gasteiger partial charge is 0.273 e. The summed E-state index contributed by atoms with van der Waals surface area (Å²) in [7, 11) is 0. The van der Waals surface area contributed by atoms with Gasteiger partial charge in [-0.25, -0.2) is 4.98 Å². The van der Waals surface area contributed by atoms with Crippen molar-refractivity contribution in [1.82, 2.24) is 4.98 Å². The van der Waals surface area contributed by atoms with Crippen LogP contribution in [0.3, 0.4) is 0 Å². The Bertz CT molecular complexity index is 792. The van der Waals surface area contributed by atoms with E-state index in [0.717, 1.165) is 31.4 Å². The number of anilines is 1. The number of hydrogen-bond acceptors (Lipinski definition) is 5. The van der Waals surface area contributed by atoms with Crippen LogP contribution in [-0.4, -0.2) is 22.4 Å². The van der Waals surface area contributed by atoms with Gasteiger partial charge in [-0.3, -0.25) is 19.8 Å². The number of para-hydroxylation sites is 1. The summed E-state index contributed by atoms with van der Waals surface area (Å²) < 4.78 is 0. The molecule has 1 heterocycles. The number of carbonyl (C=O) groups is 1. The van der Waals surface area contributed by atoms with Crippen LogP contribution >= 0.6 is 11.3 Å². The second kappa shape index (κ2) is 7.57. The Kier molecular flexibility index (Phi) is 5.23. The van der Waals surface area contributed by atoms with Gasteiger partial charge < -0.3 is 0 Å². The Balaban J connectivity index is 1.85. The molecule has 1 aliphatic rings. The molecule has 25 heavy (non-hydrogen) atoms. The summed E-state index contributed by atoms with van der Waals surface area (Å²) in [4.78, 5) is 31.0. The van der Waals surface area contributed by atoms with Crippen LogP contribution in [0.2, 0.25) is 0 Å². The SMILES string of the molecule is C=CCN(C(=O)Cc1ccccc1[N+](=O)[O-])c1nc2c(s1)CCCC2. The van der Waals surface area contributed by atoms with Gasteiger partial charge in [-0.2, -0.15) is 0 Å². The van der Waals surface area contributed by atoms with Crippen molar-refractivity contribution in [2.75, 3.05) is 11.4 Å². The lowest BCUT2D eigenvalue weighted by atomic mass is 10.0. The van der Waals surface area contributed by atoms with Crippen molar-refractivity contribution in [3.05, 3.63) is 63.2 Å². The van der Waals surface area contributed by atoms with Crippen LogP contribution in [0.4, 0.5) is 10.8 Å². The third kappa shape index (κ3) is 3.76. The van der Waals surface area contributed by atoms with Crippen LogP contribution in [0.5, 0.6) is 0 Å². The number of benzene rings is 1. The van der Waals surface area contributed by atoms with E-state index in [1.165, 1.54) is 10.9 Å². The first-order valence-electron chi connectivity index (χ1n) is 8.22. The topological polar surface area (TPSA) is 76.3 Å². The van der Waals surface area contributed by atoms with Gasteiger partial charge in [-0.05, 0) is 25.7 Å². The molecule has 1 aromatic carbocycles. The van der Waals surface area contributed by atoms with Crippen molar-refractivity contribution in [3.63, 3.8) is 0 Å². The average molecular weight is 357 g/mol. The highest BCUT2D eigenvalue weighted by atomic mass is 32.1. The molecule has 0 fully saturated rings. The van der Waals surface area contributed by atoms with Crippen LogP contribution in [0.1, 0.15) is 29.0 Å². The van der Waals surface area contributed by atoms with Crippen molar-refractivity contribution >= 4 is 28.1 Å². The first kappa shape index (κ1) is 17.3. The number of rotatable bonds is 6. The minimum atomic E-state index is -0.456. The van der Waals surface area contributed by atoms with Crippen LogP contribution in [0.25, 0.3) is 0 Å². The first-order chi connectivity index (χ1) is 12.1. The van der Waals surface area contributed by atoms with Crippen molar-refractivity contribution in [2.24, 2.45) is 0 Å². The minimum absolute atomic E-state index is 0.0325. The molecule has 0 saturated heterocycles. The molecule has 0 aliphatic heterocycles. The van der Waals surface area contributed by atoms with Crippen molar-refractivity contribution in [3.8, 4) is 0 Å². The minimum Gasteiger partial charge on any atom is -0.284 e. The summed E-state index contributed by atoms with van der Waals surface area (Å²) in [5.74, 6) is -0.208. The van der Waals surface area contributed by atoms with Gasteiger partial charge in [-0.1, -0.05) is 24.3 Å². The fourth-order valence-electron chi connectivity index (χ4n) is 2.97. The van der Waals surface area contributed by atoms with Crippen molar-refractivity contribution in [2.45, 2.75) is 32.1 Å². The number of fused-ring (bicyclic) bond motifs is 1. The molecule has 1 amide bonds. The lowest BCUT2D eigenvalue weighted by Gasteiger charge is -2.18. The summed E-state index contributed by atoms with van der Waals surface area (Å²) in [6.07, 6.45) is 5.86. The normalized spacial score (nSPS) is 13.1. The maximum Gasteiger partial charge on any atom is 0.273 e. The summed E-state index contributed by atoms with van der Waals surface area (Å²) >= 11 is 1.55. The van der Waals surface area contributed by atoms with Crippen LogP contribution in [-0.2, 0) is 24.1 Å². The van der Waals surface area contributed by atoms with Gasteiger partial charge in [0.2, 0.25) is 5.91 Å².